The van der Waals surface area contributed by atoms with Crippen LogP contribution in [0.1, 0.15) is 76.8 Å². The molecule has 3 aromatic rings. The van der Waals surface area contributed by atoms with Gasteiger partial charge in [0.15, 0.2) is 0 Å². The highest BCUT2D eigenvalue weighted by Crippen LogP contribution is 2.54. The number of urea groups is 1. The lowest BCUT2D eigenvalue weighted by Crippen LogP contribution is -2.59. The van der Waals surface area contributed by atoms with Crippen molar-refractivity contribution in [1.82, 2.24) is 14.8 Å². The van der Waals surface area contributed by atoms with Gasteiger partial charge in [0.2, 0.25) is 0 Å². The lowest BCUT2D eigenvalue weighted by molar-refractivity contribution is 0.0886. The number of aliphatic hydroxyl groups is 1. The maximum atomic E-state index is 14.9. The zero-order valence-electron chi connectivity index (χ0n) is 26.4. The topological polar surface area (TPSA) is 78.3 Å². The third kappa shape index (κ3) is 5.70. The summed E-state index contributed by atoms with van der Waals surface area (Å²) in [4.78, 5) is 28.9. The second kappa shape index (κ2) is 12.3. The van der Waals surface area contributed by atoms with Gasteiger partial charge in [0.25, 0.3) is 0 Å². The number of hydrogen-bond acceptors (Lipinski definition) is 5. The zero-order valence-corrected chi connectivity index (χ0v) is 27.9. The van der Waals surface area contributed by atoms with Gasteiger partial charge in [-0.3, -0.25) is 14.9 Å². The summed E-state index contributed by atoms with van der Waals surface area (Å²) in [5.74, 6) is 1.30. The van der Waals surface area contributed by atoms with Crippen LogP contribution in [0.15, 0.2) is 65.8 Å². The molecule has 0 aliphatic carbocycles. The molecule has 44 heavy (non-hydrogen) atoms. The van der Waals surface area contributed by atoms with Crippen LogP contribution < -0.4 is 4.74 Å². The summed E-state index contributed by atoms with van der Waals surface area (Å²) < 4.78 is 6.23. The van der Waals surface area contributed by atoms with Gasteiger partial charge in [0.05, 0.1) is 12.2 Å². The summed E-state index contributed by atoms with van der Waals surface area (Å²) in [6, 6.07) is 17.1. The molecule has 0 unspecified atom stereocenters. The molecule has 0 saturated carbocycles. The number of halogens is 2. The summed E-state index contributed by atoms with van der Waals surface area (Å²) in [6.45, 7) is 14.1. The number of carbonyl (C=O) groups excluding carboxylic acids is 1. The predicted molar refractivity (Wildman–Crippen MR) is 177 cm³/mol. The van der Waals surface area contributed by atoms with E-state index in [4.69, 9.17) is 37.9 Å². The van der Waals surface area contributed by atoms with Crippen molar-refractivity contribution >= 4 is 35.1 Å². The molecular weight excluding hydrogens is 595 g/mol. The van der Waals surface area contributed by atoms with Crippen molar-refractivity contribution in [3.05, 3.63) is 93.2 Å². The Morgan fingerprint density at radius 2 is 1.57 bits per heavy atom. The summed E-state index contributed by atoms with van der Waals surface area (Å²) in [6.07, 6.45) is 3.26. The summed E-state index contributed by atoms with van der Waals surface area (Å²) in [5.41, 5.74) is 1.19. The molecule has 2 amide bonds. The first-order chi connectivity index (χ1) is 20.8. The van der Waals surface area contributed by atoms with Crippen LogP contribution in [0.2, 0.25) is 10.0 Å². The summed E-state index contributed by atoms with van der Waals surface area (Å²) >= 11 is 12.7. The molecule has 1 saturated heterocycles. The minimum Gasteiger partial charge on any atom is -0.493 e. The lowest BCUT2D eigenvalue weighted by Gasteiger charge is -2.47. The number of piperidine rings is 1. The first-order valence-electron chi connectivity index (χ1n) is 15.3. The molecule has 1 N–H and O–H groups in total. The second-order valence-electron chi connectivity index (χ2n) is 13.1. The Bertz CT molecular complexity index is 1530. The number of carbonyl (C=O) groups is 1. The van der Waals surface area contributed by atoms with E-state index in [0.717, 1.165) is 29.7 Å². The number of aromatic nitrogens is 1. The minimum atomic E-state index is -0.988. The molecule has 2 aliphatic rings. The van der Waals surface area contributed by atoms with Gasteiger partial charge in [-0.15, -0.1) is 0 Å². The first-order valence-corrected chi connectivity index (χ1v) is 16.0. The number of benzene rings is 2. The van der Waals surface area contributed by atoms with Crippen molar-refractivity contribution in [2.24, 2.45) is 10.9 Å². The number of nitrogens with zero attached hydrogens (tertiary/aromatic N) is 4. The van der Waals surface area contributed by atoms with Crippen LogP contribution >= 0.6 is 23.2 Å². The zero-order chi connectivity index (χ0) is 31.9. The van der Waals surface area contributed by atoms with Crippen molar-refractivity contribution in [2.45, 2.75) is 70.9 Å². The molecule has 2 atom stereocenters. The molecule has 7 nitrogen and oxygen atoms in total. The number of amides is 2. The van der Waals surface area contributed by atoms with Gasteiger partial charge in [0.1, 0.15) is 22.7 Å². The van der Waals surface area contributed by atoms with Gasteiger partial charge in [-0.2, -0.15) is 0 Å². The Balaban J connectivity index is 1.77. The molecule has 1 fully saturated rings. The standard InChI is InChI=1S/C35H42Cl2N4O3/c1-7-44-29-20-30(33(2,3)4)38-21-28(29)31-39-34(5,24-8-12-26(36)13-9-24)35(6,25-10-14-27(37)15-11-25)41(31)32(43)40-18-16-23(22-42)17-19-40/h8-15,20-21,23,42H,7,16-19,22H2,1-6H3/t34-,35+/m0/s1. The van der Waals surface area contributed by atoms with Gasteiger partial charge in [-0.1, -0.05) is 68.2 Å². The van der Waals surface area contributed by atoms with Crippen molar-refractivity contribution < 1.29 is 14.6 Å². The van der Waals surface area contributed by atoms with E-state index >= 15 is 0 Å². The van der Waals surface area contributed by atoms with Gasteiger partial charge in [0, 0.05) is 53.1 Å². The third-order valence-electron chi connectivity index (χ3n) is 9.26. The van der Waals surface area contributed by atoms with E-state index in [2.05, 4.69) is 34.6 Å². The molecular formula is C35H42Cl2N4O3. The number of aliphatic hydroxyl groups excluding tert-OH is 1. The first kappa shape index (κ1) is 32.3. The van der Waals surface area contributed by atoms with Gasteiger partial charge < -0.3 is 14.7 Å². The fraction of sp³-hybridized carbons (Fsp3) is 0.457. The normalized spacial score (nSPS) is 22.7. The van der Waals surface area contributed by atoms with Crippen LogP contribution in [0.4, 0.5) is 4.79 Å². The monoisotopic (exact) mass is 636 g/mol. The molecule has 0 radical (unpaired) electrons. The highest BCUT2D eigenvalue weighted by Gasteiger charge is 2.60. The molecule has 5 rings (SSSR count). The summed E-state index contributed by atoms with van der Waals surface area (Å²) in [7, 11) is 0. The number of pyridine rings is 1. The minimum absolute atomic E-state index is 0.124. The number of aliphatic imine (C=N–C) groups is 1. The lowest BCUT2D eigenvalue weighted by atomic mass is 9.71. The van der Waals surface area contributed by atoms with Crippen molar-refractivity contribution in [2.75, 3.05) is 26.3 Å². The molecule has 0 bridgehead atoms. The van der Waals surface area contributed by atoms with Crippen LogP contribution in [0.5, 0.6) is 5.75 Å². The van der Waals surface area contributed by atoms with E-state index in [1.807, 2.05) is 71.3 Å². The molecule has 9 heteroatoms. The van der Waals surface area contributed by atoms with Crippen LogP contribution in [0, 0.1) is 5.92 Å². The number of hydrogen-bond donors (Lipinski definition) is 1. The average Bonchev–Trinajstić information content (AvgIpc) is 3.25. The third-order valence-corrected chi connectivity index (χ3v) is 9.76. The van der Waals surface area contributed by atoms with Gasteiger partial charge in [-0.05, 0) is 74.9 Å². The largest absolute Gasteiger partial charge is 0.493 e. The average molecular weight is 638 g/mol. The Morgan fingerprint density at radius 1 is 1.00 bits per heavy atom. The number of rotatable bonds is 6. The van der Waals surface area contributed by atoms with E-state index in [9.17, 15) is 9.90 Å². The fourth-order valence-electron chi connectivity index (χ4n) is 6.31. The highest BCUT2D eigenvalue weighted by molar-refractivity contribution is 6.30. The number of ether oxygens (including phenoxy) is 1. The maximum Gasteiger partial charge on any atom is 0.326 e. The predicted octanol–water partition coefficient (Wildman–Crippen LogP) is 7.80. The molecule has 234 valence electrons. The molecule has 2 aliphatic heterocycles. The Kier molecular flexibility index (Phi) is 9.05. The van der Waals surface area contributed by atoms with Gasteiger partial charge >= 0.3 is 6.03 Å². The summed E-state index contributed by atoms with van der Waals surface area (Å²) in [5, 5.41) is 11.0. The Labute approximate surface area is 270 Å². The maximum absolute atomic E-state index is 14.9. The van der Waals surface area contributed by atoms with E-state index in [1.54, 1.807) is 6.20 Å². The highest BCUT2D eigenvalue weighted by atomic mass is 35.5. The number of likely N-dealkylation sites (tertiary alicyclic amines) is 1. The van der Waals surface area contributed by atoms with Gasteiger partial charge in [-0.25, -0.2) is 4.79 Å². The van der Waals surface area contributed by atoms with Crippen molar-refractivity contribution in [1.29, 1.82) is 0 Å². The molecule has 1 aromatic heterocycles. The van der Waals surface area contributed by atoms with Crippen molar-refractivity contribution in [3.8, 4) is 5.75 Å². The molecule has 2 aromatic carbocycles. The Morgan fingerprint density at radius 3 is 2.09 bits per heavy atom. The van der Waals surface area contributed by atoms with E-state index < -0.39 is 11.1 Å². The van der Waals surface area contributed by atoms with E-state index in [-0.39, 0.29) is 24.0 Å². The van der Waals surface area contributed by atoms with E-state index in [0.29, 0.717) is 46.9 Å². The van der Waals surface area contributed by atoms with Crippen LogP contribution in [-0.4, -0.2) is 58.1 Å². The fourth-order valence-corrected chi connectivity index (χ4v) is 6.56. The van der Waals surface area contributed by atoms with Crippen LogP contribution in [-0.2, 0) is 16.5 Å². The SMILES string of the molecule is CCOc1cc(C(C)(C)C)ncc1C1=N[C@@](C)(c2ccc(Cl)cc2)[C@@](C)(c2ccc(Cl)cc2)N1C(=O)N1CCC(CO)CC1. The quantitative estimate of drug-likeness (QED) is 0.299. The Hall–Kier alpha value is -3.13. The molecule has 0 spiro atoms. The molecule has 3 heterocycles. The van der Waals surface area contributed by atoms with Crippen LogP contribution in [0.25, 0.3) is 0 Å². The van der Waals surface area contributed by atoms with E-state index in [1.165, 1.54) is 0 Å². The van der Waals surface area contributed by atoms with Crippen molar-refractivity contribution in [3.63, 3.8) is 0 Å². The number of amidine groups is 1. The van der Waals surface area contributed by atoms with Crippen LogP contribution in [0.3, 0.4) is 0 Å². The smallest absolute Gasteiger partial charge is 0.326 e. The second-order valence-corrected chi connectivity index (χ2v) is 13.9.